The molecule has 0 fully saturated rings. The van der Waals surface area contributed by atoms with E-state index < -0.39 is 0 Å². The molecule has 0 aliphatic rings. The van der Waals surface area contributed by atoms with E-state index >= 15 is 0 Å². The normalized spacial score (nSPS) is 10.7. The summed E-state index contributed by atoms with van der Waals surface area (Å²) < 4.78 is 16.5. The lowest BCUT2D eigenvalue weighted by molar-refractivity contribution is -0.121. The van der Waals surface area contributed by atoms with Gasteiger partial charge >= 0.3 is 0 Å². The molecule has 0 radical (unpaired) electrons. The molecule has 1 heterocycles. The monoisotopic (exact) mass is 434 g/mol. The Labute approximate surface area is 163 Å². The van der Waals surface area contributed by atoms with Crippen molar-refractivity contribution >= 4 is 34.1 Å². The zero-order valence-electron chi connectivity index (χ0n) is 13.9. The summed E-state index contributed by atoms with van der Waals surface area (Å²) in [7, 11) is 0. The number of benzene rings is 2. The van der Waals surface area contributed by atoms with E-state index in [0.717, 1.165) is 15.6 Å². The number of rotatable bonds is 5. The maximum atomic E-state index is 13.8. The van der Waals surface area contributed by atoms with Crippen molar-refractivity contribution in [3.63, 3.8) is 0 Å². The molecule has 5 nitrogen and oxygen atoms in total. The highest BCUT2D eigenvalue weighted by Crippen LogP contribution is 2.19. The number of carbonyl (C=O) groups excluding carboxylic acids is 1. The molecule has 0 aliphatic heterocycles. The highest BCUT2D eigenvalue weighted by atomic mass is 79.9. The lowest BCUT2D eigenvalue weighted by atomic mass is 10.1. The second kappa shape index (κ2) is 7.92. The number of aromatic nitrogens is 3. The van der Waals surface area contributed by atoms with Crippen LogP contribution in [-0.2, 0) is 17.9 Å². The molecule has 0 bridgehead atoms. The number of aryl methyl sites for hydroxylation is 1. The third-order valence-electron chi connectivity index (χ3n) is 3.82. The largest absolute Gasteiger partial charge is 0.350 e. The minimum absolute atomic E-state index is 0.00572. The zero-order chi connectivity index (χ0) is 18.7. The van der Waals surface area contributed by atoms with Crippen molar-refractivity contribution in [2.75, 3.05) is 0 Å². The fourth-order valence-electron chi connectivity index (χ4n) is 2.54. The summed E-state index contributed by atoms with van der Waals surface area (Å²) in [6.07, 6.45) is 0. The summed E-state index contributed by atoms with van der Waals surface area (Å²) >= 11 is 8.53. The van der Waals surface area contributed by atoms with Crippen molar-refractivity contribution in [2.24, 2.45) is 0 Å². The van der Waals surface area contributed by atoms with Crippen LogP contribution in [0.5, 0.6) is 0 Å². The molecule has 0 aliphatic carbocycles. The molecular weight excluding hydrogens is 419 g/mol. The Kier molecular flexibility index (Phi) is 5.63. The zero-order valence-corrected chi connectivity index (χ0v) is 16.3. The number of hydrogen-bond acceptors (Lipinski definition) is 3. The summed E-state index contributed by atoms with van der Waals surface area (Å²) in [5, 5.41) is 9.66. The molecule has 0 spiro atoms. The first-order valence-corrected chi connectivity index (χ1v) is 9.07. The molecule has 2 aromatic carbocycles. The molecular formula is C18H16BrFN4OS. The SMILES string of the molecule is Cc1cccc(-c2n[nH]c(=S)n2CC(=O)NCc2cc(Br)ccc2F)c1. The van der Waals surface area contributed by atoms with Gasteiger partial charge in [0.2, 0.25) is 5.91 Å². The van der Waals surface area contributed by atoms with Crippen molar-refractivity contribution in [1.29, 1.82) is 0 Å². The molecule has 1 amide bonds. The maximum absolute atomic E-state index is 13.8. The molecule has 1 aromatic heterocycles. The fourth-order valence-corrected chi connectivity index (χ4v) is 3.15. The van der Waals surface area contributed by atoms with E-state index in [1.807, 2.05) is 31.2 Å². The van der Waals surface area contributed by atoms with Crippen molar-refractivity contribution < 1.29 is 9.18 Å². The van der Waals surface area contributed by atoms with Gasteiger partial charge in [0.1, 0.15) is 12.4 Å². The van der Waals surface area contributed by atoms with E-state index in [2.05, 4.69) is 31.4 Å². The summed E-state index contributed by atoms with van der Waals surface area (Å²) in [6.45, 7) is 2.07. The summed E-state index contributed by atoms with van der Waals surface area (Å²) in [5.41, 5.74) is 2.35. The third-order valence-corrected chi connectivity index (χ3v) is 4.62. The minimum atomic E-state index is -0.367. The summed E-state index contributed by atoms with van der Waals surface area (Å²) in [5.74, 6) is -0.0628. The van der Waals surface area contributed by atoms with Crippen LogP contribution in [0.3, 0.4) is 0 Å². The predicted molar refractivity (Wildman–Crippen MR) is 104 cm³/mol. The number of carbonyl (C=O) groups is 1. The van der Waals surface area contributed by atoms with Gasteiger partial charge in [-0.15, -0.1) is 0 Å². The van der Waals surface area contributed by atoms with Gasteiger partial charge in [-0.05, 0) is 43.4 Å². The smallest absolute Gasteiger partial charge is 0.240 e. The molecule has 3 rings (SSSR count). The van der Waals surface area contributed by atoms with Crippen molar-refractivity contribution in [3.05, 3.63) is 68.7 Å². The van der Waals surface area contributed by atoms with Crippen LogP contribution in [0.25, 0.3) is 11.4 Å². The molecule has 2 N–H and O–H groups in total. The van der Waals surface area contributed by atoms with Gasteiger partial charge in [0.25, 0.3) is 0 Å². The van der Waals surface area contributed by atoms with Gasteiger partial charge in [0.05, 0.1) is 0 Å². The van der Waals surface area contributed by atoms with Crippen LogP contribution in [0.2, 0.25) is 0 Å². The van der Waals surface area contributed by atoms with Crippen LogP contribution in [0.1, 0.15) is 11.1 Å². The number of nitrogens with one attached hydrogen (secondary N) is 2. The molecule has 134 valence electrons. The molecule has 0 unspecified atom stereocenters. The molecule has 0 saturated heterocycles. The van der Waals surface area contributed by atoms with E-state index in [0.29, 0.717) is 16.2 Å². The van der Waals surface area contributed by atoms with Crippen LogP contribution >= 0.6 is 28.1 Å². The Morgan fingerprint density at radius 1 is 1.35 bits per heavy atom. The lowest BCUT2D eigenvalue weighted by Crippen LogP contribution is -2.27. The third kappa shape index (κ3) is 4.25. The number of halogens is 2. The van der Waals surface area contributed by atoms with Crippen molar-refractivity contribution in [1.82, 2.24) is 20.1 Å². The van der Waals surface area contributed by atoms with Crippen LogP contribution in [0, 0.1) is 17.5 Å². The highest BCUT2D eigenvalue weighted by Gasteiger charge is 2.13. The second-order valence-electron chi connectivity index (χ2n) is 5.82. The van der Waals surface area contributed by atoms with Gasteiger partial charge < -0.3 is 5.32 Å². The van der Waals surface area contributed by atoms with E-state index in [1.54, 1.807) is 16.7 Å². The van der Waals surface area contributed by atoms with Gasteiger partial charge in [-0.25, -0.2) is 4.39 Å². The average Bonchev–Trinajstić information content (AvgIpc) is 2.96. The van der Waals surface area contributed by atoms with Crippen molar-refractivity contribution in [2.45, 2.75) is 20.0 Å². The first-order valence-electron chi connectivity index (χ1n) is 7.87. The Morgan fingerprint density at radius 3 is 2.92 bits per heavy atom. The highest BCUT2D eigenvalue weighted by molar-refractivity contribution is 9.10. The summed E-state index contributed by atoms with van der Waals surface area (Å²) in [6, 6.07) is 12.4. The molecule has 0 saturated carbocycles. The van der Waals surface area contributed by atoms with Crippen LogP contribution in [-0.4, -0.2) is 20.7 Å². The lowest BCUT2D eigenvalue weighted by Gasteiger charge is -2.09. The van der Waals surface area contributed by atoms with Gasteiger partial charge in [0.15, 0.2) is 10.6 Å². The molecule has 8 heteroatoms. The Balaban J connectivity index is 1.75. The summed E-state index contributed by atoms with van der Waals surface area (Å²) in [4.78, 5) is 12.3. The minimum Gasteiger partial charge on any atom is -0.350 e. The van der Waals surface area contributed by atoms with E-state index in [-0.39, 0.29) is 24.8 Å². The number of amides is 1. The number of H-pyrrole nitrogens is 1. The van der Waals surface area contributed by atoms with Crippen LogP contribution in [0.4, 0.5) is 4.39 Å². The van der Waals surface area contributed by atoms with Crippen LogP contribution in [0.15, 0.2) is 46.9 Å². The number of aromatic amines is 1. The van der Waals surface area contributed by atoms with Crippen molar-refractivity contribution in [3.8, 4) is 11.4 Å². The molecule has 26 heavy (non-hydrogen) atoms. The van der Waals surface area contributed by atoms with Gasteiger partial charge in [-0.1, -0.05) is 39.7 Å². The van der Waals surface area contributed by atoms with Crippen LogP contribution < -0.4 is 5.32 Å². The Bertz CT molecular complexity index is 1010. The van der Waals surface area contributed by atoms with E-state index in [4.69, 9.17) is 12.2 Å². The quantitative estimate of drug-likeness (QED) is 0.593. The first kappa shape index (κ1) is 18.5. The van der Waals surface area contributed by atoms with Gasteiger partial charge in [0, 0.05) is 22.1 Å². The maximum Gasteiger partial charge on any atom is 0.240 e. The van der Waals surface area contributed by atoms with E-state index in [9.17, 15) is 9.18 Å². The molecule has 3 aromatic rings. The first-order chi connectivity index (χ1) is 12.4. The molecule has 0 atom stereocenters. The van der Waals surface area contributed by atoms with Gasteiger partial charge in [-0.3, -0.25) is 14.5 Å². The van der Waals surface area contributed by atoms with Gasteiger partial charge in [-0.2, -0.15) is 5.10 Å². The Hall–Kier alpha value is -2.32. The number of nitrogens with zero attached hydrogens (tertiary/aromatic N) is 2. The fraction of sp³-hybridized carbons (Fsp3) is 0.167. The number of hydrogen-bond donors (Lipinski definition) is 2. The Morgan fingerprint density at radius 2 is 2.15 bits per heavy atom. The standard InChI is InChI=1S/C18H16BrFN4OS/c1-11-3-2-4-12(7-11)17-22-23-18(26)24(17)10-16(25)21-9-13-8-14(19)5-6-15(13)20/h2-8H,9-10H2,1H3,(H,21,25)(H,23,26). The predicted octanol–water partition coefficient (Wildman–Crippen LogP) is 4.13. The topological polar surface area (TPSA) is 62.7 Å². The second-order valence-corrected chi connectivity index (χ2v) is 7.12. The van der Waals surface area contributed by atoms with E-state index in [1.165, 1.54) is 6.07 Å². The average molecular weight is 435 g/mol.